The van der Waals surface area contributed by atoms with Crippen molar-refractivity contribution in [1.82, 2.24) is 0 Å². The molecular weight excluding hydrogens is 378 g/mol. The zero-order valence-corrected chi connectivity index (χ0v) is 17.1. The monoisotopic (exact) mass is 401 g/mol. The molecule has 0 saturated heterocycles. The summed E-state index contributed by atoms with van der Waals surface area (Å²) in [5.74, 6) is -0.236. The molecule has 3 rings (SSSR count). The molecule has 2 amide bonds. The first-order valence-corrected chi connectivity index (χ1v) is 10.3. The number of sulfonamides is 1. The van der Waals surface area contributed by atoms with Gasteiger partial charge in [-0.2, -0.15) is 0 Å². The summed E-state index contributed by atoms with van der Waals surface area (Å²) in [4.78, 5) is 25.5. The van der Waals surface area contributed by atoms with E-state index in [2.05, 4.69) is 10.0 Å². The number of nitrogens with one attached hydrogen (secondary N) is 2. The maximum absolute atomic E-state index is 12.8. The summed E-state index contributed by atoms with van der Waals surface area (Å²) in [6, 6.07) is 11.1. The number of likely N-dealkylation sites (N-methyl/N-ethyl adjacent to an activating group) is 1. The number of hydrogen-bond donors (Lipinski definition) is 2. The lowest BCUT2D eigenvalue weighted by atomic mass is 9.95. The molecule has 0 atom stereocenters. The fourth-order valence-corrected chi connectivity index (χ4v) is 3.91. The van der Waals surface area contributed by atoms with Crippen molar-refractivity contribution in [3.63, 3.8) is 0 Å². The third-order valence-corrected chi connectivity index (χ3v) is 5.87. The van der Waals surface area contributed by atoms with Gasteiger partial charge in [-0.1, -0.05) is 26.8 Å². The normalized spacial score (nSPS) is 14.0. The van der Waals surface area contributed by atoms with Crippen LogP contribution >= 0.6 is 0 Å². The standard InChI is InChI=1S/C20H23N3O4S/c1-20(2,3)19(25)21-14-6-5-7-15(12-14)22-28(26,27)16-8-9-17-13(10-16)11-18(24)23(17)4/h5-10,12,22H,11H2,1-4H3,(H,21,25). The van der Waals surface area contributed by atoms with E-state index in [0.717, 1.165) is 5.69 Å². The van der Waals surface area contributed by atoms with Crippen molar-refractivity contribution < 1.29 is 18.0 Å². The Morgan fingerprint density at radius 1 is 1.07 bits per heavy atom. The van der Waals surface area contributed by atoms with Gasteiger partial charge >= 0.3 is 0 Å². The lowest BCUT2D eigenvalue weighted by Crippen LogP contribution is -2.27. The van der Waals surface area contributed by atoms with E-state index >= 15 is 0 Å². The molecule has 2 N–H and O–H groups in total. The molecule has 0 aromatic heterocycles. The number of fused-ring (bicyclic) bond motifs is 1. The predicted molar refractivity (Wildman–Crippen MR) is 109 cm³/mol. The Kier molecular flexibility index (Phi) is 4.93. The highest BCUT2D eigenvalue weighted by Gasteiger charge is 2.26. The zero-order chi connectivity index (χ0) is 20.7. The average molecular weight is 401 g/mol. The summed E-state index contributed by atoms with van der Waals surface area (Å²) in [6.45, 7) is 5.39. The van der Waals surface area contributed by atoms with Gasteiger partial charge in [-0.25, -0.2) is 8.42 Å². The van der Waals surface area contributed by atoms with Crippen LogP contribution in [0, 0.1) is 5.41 Å². The van der Waals surface area contributed by atoms with Gasteiger partial charge in [0.25, 0.3) is 10.0 Å². The average Bonchev–Trinajstić information content (AvgIpc) is 2.88. The molecule has 0 saturated carbocycles. The first-order chi connectivity index (χ1) is 13.0. The summed E-state index contributed by atoms with van der Waals surface area (Å²) in [5.41, 5.74) is 1.67. The highest BCUT2D eigenvalue weighted by atomic mass is 32.2. The predicted octanol–water partition coefficient (Wildman–Crippen LogP) is 2.99. The van der Waals surface area contributed by atoms with Crippen LogP contribution in [-0.4, -0.2) is 27.3 Å². The summed E-state index contributed by atoms with van der Waals surface area (Å²) in [5, 5.41) is 2.77. The van der Waals surface area contributed by atoms with Crippen LogP contribution in [0.15, 0.2) is 47.4 Å². The molecule has 148 valence electrons. The van der Waals surface area contributed by atoms with E-state index in [1.54, 1.807) is 58.2 Å². The topological polar surface area (TPSA) is 95.6 Å². The van der Waals surface area contributed by atoms with Crippen molar-refractivity contribution in [3.05, 3.63) is 48.0 Å². The fourth-order valence-electron chi connectivity index (χ4n) is 2.81. The van der Waals surface area contributed by atoms with Gasteiger partial charge in [0.05, 0.1) is 17.0 Å². The third-order valence-electron chi connectivity index (χ3n) is 4.49. The molecule has 0 radical (unpaired) electrons. The summed E-state index contributed by atoms with van der Waals surface area (Å²) < 4.78 is 28.0. The molecule has 0 unspecified atom stereocenters. The summed E-state index contributed by atoms with van der Waals surface area (Å²) in [7, 11) is -2.17. The van der Waals surface area contributed by atoms with E-state index in [1.165, 1.54) is 17.0 Å². The second kappa shape index (κ2) is 6.94. The number of anilines is 3. The van der Waals surface area contributed by atoms with Crippen LogP contribution in [0.2, 0.25) is 0 Å². The largest absolute Gasteiger partial charge is 0.326 e. The van der Waals surface area contributed by atoms with Crippen molar-refractivity contribution in [1.29, 1.82) is 0 Å². The van der Waals surface area contributed by atoms with Gasteiger partial charge in [-0.05, 0) is 42.0 Å². The minimum absolute atomic E-state index is 0.0696. The molecule has 2 aromatic carbocycles. The highest BCUT2D eigenvalue weighted by molar-refractivity contribution is 7.92. The van der Waals surface area contributed by atoms with Crippen LogP contribution in [0.25, 0.3) is 0 Å². The molecule has 1 aliphatic heterocycles. The number of rotatable bonds is 4. The maximum atomic E-state index is 12.8. The third kappa shape index (κ3) is 4.01. The van der Waals surface area contributed by atoms with E-state index in [1.807, 2.05) is 0 Å². The van der Waals surface area contributed by atoms with E-state index < -0.39 is 15.4 Å². The molecule has 8 heteroatoms. The Morgan fingerprint density at radius 3 is 2.43 bits per heavy atom. The lowest BCUT2D eigenvalue weighted by Gasteiger charge is -2.18. The molecule has 28 heavy (non-hydrogen) atoms. The Bertz CT molecular complexity index is 1060. The quantitative estimate of drug-likeness (QED) is 0.823. The smallest absolute Gasteiger partial charge is 0.261 e. The first kappa shape index (κ1) is 19.9. The van der Waals surface area contributed by atoms with Crippen LogP contribution in [0.5, 0.6) is 0 Å². The van der Waals surface area contributed by atoms with Gasteiger partial charge < -0.3 is 10.2 Å². The van der Waals surface area contributed by atoms with Gasteiger partial charge in [0.2, 0.25) is 11.8 Å². The second-order valence-corrected chi connectivity index (χ2v) is 9.49. The molecule has 2 aromatic rings. The SMILES string of the molecule is CN1C(=O)Cc2cc(S(=O)(=O)Nc3cccc(NC(=O)C(C)(C)C)c3)ccc21. The number of hydrogen-bond acceptors (Lipinski definition) is 4. The molecule has 1 heterocycles. The van der Waals surface area contributed by atoms with Crippen molar-refractivity contribution in [3.8, 4) is 0 Å². The molecule has 7 nitrogen and oxygen atoms in total. The van der Waals surface area contributed by atoms with Crippen molar-refractivity contribution in [2.75, 3.05) is 22.0 Å². The minimum atomic E-state index is -3.84. The number of amides is 2. The Labute approximate surface area is 164 Å². The molecule has 0 aliphatic carbocycles. The summed E-state index contributed by atoms with van der Waals surface area (Å²) in [6.07, 6.45) is 0.184. The lowest BCUT2D eigenvalue weighted by molar-refractivity contribution is -0.123. The number of carbonyl (C=O) groups excluding carboxylic acids is 2. The summed E-state index contributed by atoms with van der Waals surface area (Å²) >= 11 is 0. The Hall–Kier alpha value is -2.87. The molecule has 1 aliphatic rings. The van der Waals surface area contributed by atoms with Gasteiger partial charge in [0, 0.05) is 23.8 Å². The van der Waals surface area contributed by atoms with Gasteiger partial charge in [-0.15, -0.1) is 0 Å². The number of nitrogens with zero attached hydrogens (tertiary/aromatic N) is 1. The maximum Gasteiger partial charge on any atom is 0.261 e. The Morgan fingerprint density at radius 2 is 1.75 bits per heavy atom. The van der Waals surface area contributed by atoms with Crippen LogP contribution < -0.4 is 14.9 Å². The van der Waals surface area contributed by atoms with Crippen LogP contribution in [0.4, 0.5) is 17.1 Å². The van der Waals surface area contributed by atoms with E-state index in [9.17, 15) is 18.0 Å². The first-order valence-electron chi connectivity index (χ1n) is 8.81. The van der Waals surface area contributed by atoms with Gasteiger partial charge in [0.15, 0.2) is 0 Å². The van der Waals surface area contributed by atoms with Crippen LogP contribution in [0.1, 0.15) is 26.3 Å². The van der Waals surface area contributed by atoms with Crippen LogP contribution in [0.3, 0.4) is 0 Å². The van der Waals surface area contributed by atoms with Gasteiger partial charge in [0.1, 0.15) is 0 Å². The van der Waals surface area contributed by atoms with E-state index in [4.69, 9.17) is 0 Å². The number of benzene rings is 2. The molecular formula is C20H23N3O4S. The number of carbonyl (C=O) groups is 2. The van der Waals surface area contributed by atoms with Crippen molar-refractivity contribution in [2.24, 2.45) is 5.41 Å². The van der Waals surface area contributed by atoms with Crippen molar-refractivity contribution in [2.45, 2.75) is 32.1 Å². The van der Waals surface area contributed by atoms with E-state index in [0.29, 0.717) is 16.9 Å². The van der Waals surface area contributed by atoms with Crippen LogP contribution in [-0.2, 0) is 26.0 Å². The van der Waals surface area contributed by atoms with Gasteiger partial charge in [-0.3, -0.25) is 14.3 Å². The molecule has 0 spiro atoms. The van der Waals surface area contributed by atoms with E-state index in [-0.39, 0.29) is 23.1 Å². The molecule has 0 bridgehead atoms. The fraction of sp³-hybridized carbons (Fsp3) is 0.300. The zero-order valence-electron chi connectivity index (χ0n) is 16.2. The Balaban J connectivity index is 1.82. The highest BCUT2D eigenvalue weighted by Crippen LogP contribution is 2.30. The minimum Gasteiger partial charge on any atom is -0.326 e. The molecule has 0 fully saturated rings. The second-order valence-electron chi connectivity index (χ2n) is 7.81. The van der Waals surface area contributed by atoms with Crippen molar-refractivity contribution >= 4 is 38.9 Å².